The van der Waals surface area contributed by atoms with E-state index in [0.29, 0.717) is 24.5 Å². The first-order chi connectivity index (χ1) is 7.39. The van der Waals surface area contributed by atoms with Crippen LogP contribution in [0.2, 0.25) is 0 Å². The topological polar surface area (TPSA) is 23.8 Å². The van der Waals surface area contributed by atoms with Crippen molar-refractivity contribution in [3.05, 3.63) is 35.1 Å². The highest BCUT2D eigenvalue weighted by Gasteiger charge is 2.46. The van der Waals surface area contributed by atoms with E-state index in [0.717, 1.165) is 6.07 Å². The molecule has 0 N–H and O–H groups in total. The van der Waals surface area contributed by atoms with E-state index in [1.165, 1.54) is 6.07 Å². The lowest BCUT2D eigenvalue weighted by atomic mass is 9.96. The van der Waals surface area contributed by atoms with Gasteiger partial charge >= 0.3 is 6.18 Å². The number of nitrogens with zero attached hydrogens (tertiary/aromatic N) is 1. The maximum absolute atomic E-state index is 13.2. The Morgan fingerprint density at radius 3 is 2.25 bits per heavy atom. The first kappa shape index (κ1) is 10.9. The summed E-state index contributed by atoms with van der Waals surface area (Å²) in [5, 5.41) is 8.84. The largest absolute Gasteiger partial charge is 0.419 e. The summed E-state index contributed by atoms with van der Waals surface area (Å²) in [6.07, 6.45) is -3.53. The quantitative estimate of drug-likeness (QED) is 0.677. The zero-order valence-corrected chi connectivity index (χ0v) is 8.11. The first-order valence-corrected chi connectivity index (χ1v) is 4.67. The Bertz CT molecular complexity index is 466. The van der Waals surface area contributed by atoms with E-state index in [2.05, 4.69) is 0 Å². The van der Waals surface area contributed by atoms with Crippen LogP contribution in [-0.4, -0.2) is 0 Å². The van der Waals surface area contributed by atoms with Crippen LogP contribution in [0, 0.1) is 17.1 Å². The van der Waals surface area contributed by atoms with E-state index in [1.807, 2.05) is 6.07 Å². The van der Waals surface area contributed by atoms with Gasteiger partial charge in [-0.3, -0.25) is 0 Å². The van der Waals surface area contributed by atoms with Gasteiger partial charge in [0.05, 0.1) is 17.0 Å². The van der Waals surface area contributed by atoms with E-state index < -0.39 is 23.0 Å². The third kappa shape index (κ3) is 1.64. The molecule has 1 aromatic carbocycles. The van der Waals surface area contributed by atoms with Gasteiger partial charge in [0, 0.05) is 0 Å². The van der Waals surface area contributed by atoms with Gasteiger partial charge in [0.2, 0.25) is 0 Å². The van der Waals surface area contributed by atoms with Crippen LogP contribution < -0.4 is 0 Å². The summed E-state index contributed by atoms with van der Waals surface area (Å²) >= 11 is 0. The molecule has 5 heteroatoms. The molecule has 0 radical (unpaired) electrons. The Kier molecular flexibility index (Phi) is 2.19. The number of benzene rings is 1. The number of nitriles is 1. The summed E-state index contributed by atoms with van der Waals surface area (Å²) in [6, 6.07) is 4.70. The molecule has 2 rings (SSSR count). The molecule has 0 heterocycles. The molecule has 0 atom stereocenters. The van der Waals surface area contributed by atoms with Crippen molar-refractivity contribution in [3.63, 3.8) is 0 Å². The predicted molar refractivity (Wildman–Crippen MR) is 47.9 cm³/mol. The zero-order valence-electron chi connectivity index (χ0n) is 8.11. The molecule has 1 aliphatic rings. The summed E-state index contributed by atoms with van der Waals surface area (Å²) in [4.78, 5) is 0. The van der Waals surface area contributed by atoms with E-state index in [9.17, 15) is 17.6 Å². The van der Waals surface area contributed by atoms with Gasteiger partial charge in [0.1, 0.15) is 5.82 Å². The van der Waals surface area contributed by atoms with Crippen molar-refractivity contribution in [2.45, 2.75) is 24.4 Å². The molecule has 1 fully saturated rings. The summed E-state index contributed by atoms with van der Waals surface area (Å²) in [6.45, 7) is 0. The standard InChI is InChI=1S/C11H7F4N/c12-9-5-7(10(6-16)3-4-10)1-2-8(9)11(13,14)15/h1-2,5H,3-4H2. The second-order valence-electron chi connectivity index (χ2n) is 3.89. The van der Waals surface area contributed by atoms with Gasteiger partial charge in [0.15, 0.2) is 0 Å². The molecule has 0 amide bonds. The predicted octanol–water partition coefficient (Wildman–Crippen LogP) is 3.40. The van der Waals surface area contributed by atoms with Crippen LogP contribution in [-0.2, 0) is 11.6 Å². The van der Waals surface area contributed by atoms with Crippen LogP contribution in [0.4, 0.5) is 17.6 Å². The molecule has 1 aromatic rings. The molecule has 0 spiro atoms. The average molecular weight is 229 g/mol. The highest BCUT2D eigenvalue weighted by atomic mass is 19.4. The van der Waals surface area contributed by atoms with E-state index in [-0.39, 0.29) is 0 Å². The molecule has 1 saturated carbocycles. The van der Waals surface area contributed by atoms with E-state index in [1.54, 1.807) is 0 Å². The smallest absolute Gasteiger partial charge is 0.206 e. The lowest BCUT2D eigenvalue weighted by Gasteiger charge is -2.11. The highest BCUT2D eigenvalue weighted by molar-refractivity contribution is 5.41. The minimum Gasteiger partial charge on any atom is -0.206 e. The fraction of sp³-hybridized carbons (Fsp3) is 0.364. The molecule has 0 unspecified atom stereocenters. The Morgan fingerprint density at radius 1 is 1.25 bits per heavy atom. The molecular weight excluding hydrogens is 222 g/mol. The van der Waals surface area contributed by atoms with Gasteiger partial charge in [0.25, 0.3) is 0 Å². The van der Waals surface area contributed by atoms with Crippen LogP contribution in [0.25, 0.3) is 0 Å². The molecule has 1 nitrogen and oxygen atoms in total. The van der Waals surface area contributed by atoms with Gasteiger partial charge in [-0.15, -0.1) is 0 Å². The van der Waals surface area contributed by atoms with Crippen molar-refractivity contribution in [1.29, 1.82) is 5.26 Å². The number of halogens is 4. The third-order valence-corrected chi connectivity index (χ3v) is 2.79. The third-order valence-electron chi connectivity index (χ3n) is 2.79. The zero-order chi connectivity index (χ0) is 12.0. The lowest BCUT2D eigenvalue weighted by molar-refractivity contribution is -0.140. The second kappa shape index (κ2) is 3.21. The summed E-state index contributed by atoms with van der Waals surface area (Å²) in [7, 11) is 0. The van der Waals surface area contributed by atoms with Crippen molar-refractivity contribution in [2.75, 3.05) is 0 Å². The van der Waals surface area contributed by atoms with Crippen molar-refractivity contribution in [3.8, 4) is 6.07 Å². The molecule has 84 valence electrons. The van der Waals surface area contributed by atoms with Crippen molar-refractivity contribution < 1.29 is 17.6 Å². The minimum atomic E-state index is -4.69. The Morgan fingerprint density at radius 2 is 1.88 bits per heavy atom. The minimum absolute atomic E-state index is 0.334. The van der Waals surface area contributed by atoms with Gasteiger partial charge in [-0.2, -0.15) is 18.4 Å². The molecule has 0 aromatic heterocycles. The van der Waals surface area contributed by atoms with Crippen LogP contribution >= 0.6 is 0 Å². The van der Waals surface area contributed by atoms with Gasteiger partial charge in [-0.05, 0) is 30.5 Å². The van der Waals surface area contributed by atoms with Crippen LogP contribution in [0.1, 0.15) is 24.0 Å². The van der Waals surface area contributed by atoms with E-state index >= 15 is 0 Å². The molecular formula is C11H7F4N. The summed E-state index contributed by atoms with van der Waals surface area (Å²) in [5.41, 5.74) is -1.71. The first-order valence-electron chi connectivity index (χ1n) is 4.67. The van der Waals surface area contributed by atoms with Crippen LogP contribution in [0.3, 0.4) is 0 Å². The van der Waals surface area contributed by atoms with Gasteiger partial charge in [-0.25, -0.2) is 4.39 Å². The van der Waals surface area contributed by atoms with Gasteiger partial charge in [-0.1, -0.05) is 6.07 Å². The van der Waals surface area contributed by atoms with E-state index in [4.69, 9.17) is 5.26 Å². The maximum Gasteiger partial charge on any atom is 0.419 e. The summed E-state index contributed by atoms with van der Waals surface area (Å²) < 4.78 is 50.0. The number of hydrogen-bond donors (Lipinski definition) is 0. The molecule has 0 aliphatic heterocycles. The maximum atomic E-state index is 13.2. The fourth-order valence-electron chi connectivity index (χ4n) is 1.63. The van der Waals surface area contributed by atoms with Crippen LogP contribution in [0.5, 0.6) is 0 Å². The fourth-order valence-corrected chi connectivity index (χ4v) is 1.63. The molecule has 0 saturated heterocycles. The highest BCUT2D eigenvalue weighted by Crippen LogP contribution is 2.48. The monoisotopic (exact) mass is 229 g/mol. The normalized spacial score (nSPS) is 17.9. The Balaban J connectivity index is 2.42. The lowest BCUT2D eigenvalue weighted by Crippen LogP contribution is -2.10. The van der Waals surface area contributed by atoms with Crippen molar-refractivity contribution in [2.24, 2.45) is 0 Å². The number of hydrogen-bond acceptors (Lipinski definition) is 1. The summed E-state index contributed by atoms with van der Waals surface area (Å²) in [5.74, 6) is -1.31. The molecule has 0 bridgehead atoms. The average Bonchev–Trinajstić information content (AvgIpc) is 2.96. The SMILES string of the molecule is N#CC1(c2ccc(C(F)(F)F)c(F)c2)CC1. The molecule has 1 aliphatic carbocycles. The molecule has 16 heavy (non-hydrogen) atoms. The number of alkyl halides is 3. The Hall–Kier alpha value is -1.57. The second-order valence-corrected chi connectivity index (χ2v) is 3.89. The van der Waals surface area contributed by atoms with Crippen LogP contribution in [0.15, 0.2) is 18.2 Å². The van der Waals surface area contributed by atoms with Gasteiger partial charge < -0.3 is 0 Å². The van der Waals surface area contributed by atoms with Crippen molar-refractivity contribution >= 4 is 0 Å². The number of rotatable bonds is 1. The Labute approximate surface area is 89.3 Å². The van der Waals surface area contributed by atoms with Crippen molar-refractivity contribution in [1.82, 2.24) is 0 Å².